The number of nitrogens with zero attached hydrogens (tertiary/aromatic N) is 2. The van der Waals surface area contributed by atoms with Crippen molar-refractivity contribution in [2.45, 2.75) is 32.2 Å². The summed E-state index contributed by atoms with van der Waals surface area (Å²) >= 11 is 0. The molecule has 0 radical (unpaired) electrons. The molecule has 0 saturated carbocycles. The SMILES string of the molecule is COc1ccccc1CN(CCO)C(=O)Nc1ccccc1N1CCCCCC1. The average Bonchev–Trinajstić information content (AvgIpc) is 3.03. The Hall–Kier alpha value is -2.73. The average molecular weight is 398 g/mol. The second-order valence-corrected chi connectivity index (χ2v) is 7.31. The summed E-state index contributed by atoms with van der Waals surface area (Å²) in [5.41, 5.74) is 2.77. The van der Waals surface area contributed by atoms with Gasteiger partial charge in [0, 0.05) is 25.2 Å². The molecular formula is C23H31N3O3. The van der Waals surface area contributed by atoms with E-state index in [4.69, 9.17) is 4.74 Å². The van der Waals surface area contributed by atoms with Crippen LogP contribution in [-0.2, 0) is 6.54 Å². The molecule has 29 heavy (non-hydrogen) atoms. The largest absolute Gasteiger partial charge is 0.496 e. The molecule has 2 aromatic rings. The van der Waals surface area contributed by atoms with Crippen LogP contribution in [0.5, 0.6) is 5.75 Å². The first-order valence-electron chi connectivity index (χ1n) is 10.4. The van der Waals surface area contributed by atoms with Gasteiger partial charge in [-0.1, -0.05) is 43.2 Å². The number of rotatable bonds is 7. The van der Waals surface area contributed by atoms with Gasteiger partial charge in [0.2, 0.25) is 0 Å². The number of hydrogen-bond acceptors (Lipinski definition) is 4. The van der Waals surface area contributed by atoms with Crippen molar-refractivity contribution >= 4 is 17.4 Å². The van der Waals surface area contributed by atoms with E-state index in [9.17, 15) is 9.90 Å². The van der Waals surface area contributed by atoms with Crippen LogP contribution < -0.4 is 15.0 Å². The van der Waals surface area contributed by atoms with Crippen molar-refractivity contribution in [3.63, 3.8) is 0 Å². The number of anilines is 2. The summed E-state index contributed by atoms with van der Waals surface area (Å²) in [5, 5.41) is 12.5. The molecule has 6 heteroatoms. The lowest BCUT2D eigenvalue weighted by atomic mass is 10.2. The lowest BCUT2D eigenvalue weighted by Gasteiger charge is -2.27. The van der Waals surface area contributed by atoms with Crippen LogP contribution in [0.15, 0.2) is 48.5 Å². The number of amides is 2. The van der Waals surface area contributed by atoms with E-state index in [1.54, 1.807) is 12.0 Å². The van der Waals surface area contributed by atoms with Crippen LogP contribution in [0, 0.1) is 0 Å². The molecule has 1 fully saturated rings. The van der Waals surface area contributed by atoms with E-state index in [1.807, 2.05) is 42.5 Å². The highest BCUT2D eigenvalue weighted by molar-refractivity contribution is 5.93. The molecule has 1 heterocycles. The van der Waals surface area contributed by atoms with Crippen LogP contribution in [0.2, 0.25) is 0 Å². The molecule has 2 aromatic carbocycles. The van der Waals surface area contributed by atoms with Crippen molar-refractivity contribution in [2.24, 2.45) is 0 Å². The van der Waals surface area contributed by atoms with Crippen LogP contribution in [-0.4, -0.2) is 49.4 Å². The summed E-state index contributed by atoms with van der Waals surface area (Å²) in [7, 11) is 1.62. The van der Waals surface area contributed by atoms with Crippen LogP contribution in [0.4, 0.5) is 16.2 Å². The molecule has 2 amide bonds. The molecule has 0 aromatic heterocycles. The Balaban J connectivity index is 1.76. The number of para-hydroxylation sites is 3. The van der Waals surface area contributed by atoms with E-state index in [0.29, 0.717) is 6.54 Å². The topological polar surface area (TPSA) is 65.0 Å². The third kappa shape index (κ3) is 5.64. The second-order valence-electron chi connectivity index (χ2n) is 7.31. The van der Waals surface area contributed by atoms with Crippen molar-refractivity contribution < 1.29 is 14.6 Å². The zero-order valence-corrected chi connectivity index (χ0v) is 17.1. The molecule has 1 aliphatic heterocycles. The standard InChI is InChI=1S/C23H31N3O3/c1-29-22-13-7-4-10-19(22)18-26(16-17-27)23(28)24-20-11-5-6-12-21(20)25-14-8-2-3-9-15-25/h4-7,10-13,27H,2-3,8-9,14-18H2,1H3,(H,24,28). The van der Waals surface area contributed by atoms with Gasteiger partial charge in [-0.15, -0.1) is 0 Å². The van der Waals surface area contributed by atoms with Crippen LogP contribution in [0.1, 0.15) is 31.2 Å². The van der Waals surface area contributed by atoms with Gasteiger partial charge in [0.1, 0.15) is 5.75 Å². The van der Waals surface area contributed by atoms with E-state index >= 15 is 0 Å². The summed E-state index contributed by atoms with van der Waals surface area (Å²) in [6.07, 6.45) is 4.86. The Bertz CT molecular complexity index is 788. The molecule has 0 aliphatic carbocycles. The predicted octanol–water partition coefficient (Wildman–Crippen LogP) is 4.10. The fourth-order valence-corrected chi connectivity index (χ4v) is 3.77. The van der Waals surface area contributed by atoms with E-state index in [-0.39, 0.29) is 19.2 Å². The Morgan fingerprint density at radius 1 is 1.07 bits per heavy atom. The van der Waals surface area contributed by atoms with Crippen molar-refractivity contribution in [3.05, 3.63) is 54.1 Å². The molecule has 0 unspecified atom stereocenters. The Morgan fingerprint density at radius 3 is 2.48 bits per heavy atom. The first-order valence-corrected chi connectivity index (χ1v) is 10.4. The lowest BCUT2D eigenvalue weighted by Crippen LogP contribution is -2.37. The van der Waals surface area contributed by atoms with Crippen molar-refractivity contribution in [1.29, 1.82) is 0 Å². The van der Waals surface area contributed by atoms with Crippen LogP contribution in [0.3, 0.4) is 0 Å². The smallest absolute Gasteiger partial charge is 0.322 e. The molecule has 6 nitrogen and oxygen atoms in total. The molecule has 0 spiro atoms. The molecule has 2 N–H and O–H groups in total. The minimum Gasteiger partial charge on any atom is -0.496 e. The number of carbonyl (C=O) groups is 1. The van der Waals surface area contributed by atoms with Gasteiger partial charge in [-0.25, -0.2) is 4.79 Å². The first kappa shape index (κ1) is 21.0. The highest BCUT2D eigenvalue weighted by atomic mass is 16.5. The first-order chi connectivity index (χ1) is 14.2. The van der Waals surface area contributed by atoms with Gasteiger partial charge in [-0.2, -0.15) is 0 Å². The van der Waals surface area contributed by atoms with Crippen molar-refractivity contribution in [3.8, 4) is 5.75 Å². The lowest BCUT2D eigenvalue weighted by molar-refractivity contribution is 0.184. The minimum atomic E-state index is -0.229. The normalized spacial score (nSPS) is 14.2. The summed E-state index contributed by atoms with van der Waals surface area (Å²) in [6.45, 7) is 2.53. The highest BCUT2D eigenvalue weighted by Crippen LogP contribution is 2.28. The molecule has 0 atom stereocenters. The molecule has 3 rings (SSSR count). The maximum Gasteiger partial charge on any atom is 0.322 e. The molecular weight excluding hydrogens is 366 g/mol. The maximum absolute atomic E-state index is 13.1. The number of urea groups is 1. The number of aliphatic hydroxyl groups excluding tert-OH is 1. The fraction of sp³-hybridized carbons (Fsp3) is 0.435. The van der Waals surface area contributed by atoms with Gasteiger partial charge >= 0.3 is 6.03 Å². The number of hydrogen-bond donors (Lipinski definition) is 2. The highest BCUT2D eigenvalue weighted by Gasteiger charge is 2.19. The number of methoxy groups -OCH3 is 1. The number of aliphatic hydroxyl groups is 1. The fourth-order valence-electron chi connectivity index (χ4n) is 3.77. The number of ether oxygens (including phenoxy) is 1. The molecule has 1 saturated heterocycles. The van der Waals surface area contributed by atoms with E-state index in [1.165, 1.54) is 25.7 Å². The van der Waals surface area contributed by atoms with Gasteiger partial charge in [0.05, 0.1) is 31.6 Å². The summed E-state index contributed by atoms with van der Waals surface area (Å²) in [4.78, 5) is 17.0. The maximum atomic E-state index is 13.1. The number of benzene rings is 2. The summed E-state index contributed by atoms with van der Waals surface area (Å²) in [6, 6.07) is 15.4. The summed E-state index contributed by atoms with van der Waals surface area (Å²) in [5.74, 6) is 0.730. The Labute approximate surface area is 173 Å². The molecule has 0 bridgehead atoms. The third-order valence-corrected chi connectivity index (χ3v) is 5.30. The Morgan fingerprint density at radius 2 is 1.76 bits per heavy atom. The predicted molar refractivity (Wildman–Crippen MR) is 117 cm³/mol. The molecule has 156 valence electrons. The van der Waals surface area contributed by atoms with Crippen LogP contribution >= 0.6 is 0 Å². The monoisotopic (exact) mass is 397 g/mol. The van der Waals surface area contributed by atoms with E-state index in [0.717, 1.165) is 35.8 Å². The van der Waals surface area contributed by atoms with E-state index < -0.39 is 0 Å². The zero-order chi connectivity index (χ0) is 20.5. The third-order valence-electron chi connectivity index (χ3n) is 5.30. The van der Waals surface area contributed by atoms with Gasteiger partial charge in [0.25, 0.3) is 0 Å². The molecule has 1 aliphatic rings. The minimum absolute atomic E-state index is 0.101. The van der Waals surface area contributed by atoms with Gasteiger partial charge in [-0.05, 0) is 31.0 Å². The van der Waals surface area contributed by atoms with Crippen molar-refractivity contribution in [2.75, 3.05) is 43.6 Å². The van der Waals surface area contributed by atoms with Gasteiger partial charge in [0.15, 0.2) is 0 Å². The second kappa shape index (κ2) is 10.7. The van der Waals surface area contributed by atoms with Crippen LogP contribution in [0.25, 0.3) is 0 Å². The van der Waals surface area contributed by atoms with Gasteiger partial charge < -0.3 is 25.0 Å². The Kier molecular flexibility index (Phi) is 7.76. The van der Waals surface area contributed by atoms with Crippen molar-refractivity contribution in [1.82, 2.24) is 4.90 Å². The number of carbonyl (C=O) groups excluding carboxylic acids is 1. The number of nitrogens with one attached hydrogen (secondary N) is 1. The quantitative estimate of drug-likeness (QED) is 0.738. The van der Waals surface area contributed by atoms with Gasteiger partial charge in [-0.3, -0.25) is 0 Å². The van der Waals surface area contributed by atoms with E-state index in [2.05, 4.69) is 16.3 Å². The zero-order valence-electron chi connectivity index (χ0n) is 17.1. The summed E-state index contributed by atoms with van der Waals surface area (Å²) < 4.78 is 5.41.